The van der Waals surface area contributed by atoms with Crippen LogP contribution in [0.2, 0.25) is 0 Å². The molecular weight excluding hydrogens is 367 g/mol. The fourth-order valence-electron chi connectivity index (χ4n) is 2.99. The molecule has 4 N–H and O–H groups in total. The highest BCUT2D eigenvalue weighted by molar-refractivity contribution is 7.23. The van der Waals surface area contributed by atoms with Crippen LogP contribution in [0.1, 0.15) is 22.0 Å². The fourth-order valence-corrected chi connectivity index (χ4v) is 4.04. The zero-order chi connectivity index (χ0) is 19.1. The average molecular weight is 384 g/mol. The normalized spacial score (nSPS) is 12.6. The molecule has 1 amide bonds. The summed E-state index contributed by atoms with van der Waals surface area (Å²) in [5.41, 5.74) is 8.64. The van der Waals surface area contributed by atoms with Gasteiger partial charge in [-0.1, -0.05) is 17.4 Å². The monoisotopic (exact) mass is 384 g/mol. The lowest BCUT2D eigenvalue weighted by Gasteiger charge is -2.09. The molecule has 2 heterocycles. The Hall–Kier alpha value is -2.81. The van der Waals surface area contributed by atoms with Crippen LogP contribution >= 0.6 is 11.3 Å². The van der Waals surface area contributed by atoms with E-state index in [1.807, 2.05) is 16.5 Å². The Bertz CT molecular complexity index is 1170. The number of carbonyl (C=O) groups is 1. The molecule has 1 unspecified atom stereocenters. The van der Waals surface area contributed by atoms with Gasteiger partial charge in [-0.05, 0) is 35.9 Å². The smallest absolute Gasteiger partial charge is 0.251 e. The summed E-state index contributed by atoms with van der Waals surface area (Å²) in [5, 5.41) is 11.7. The number of amides is 1. The van der Waals surface area contributed by atoms with Gasteiger partial charge in [0, 0.05) is 24.4 Å². The van der Waals surface area contributed by atoms with Crippen LogP contribution in [0.5, 0.6) is 0 Å². The van der Waals surface area contributed by atoms with Crippen molar-refractivity contribution in [1.82, 2.24) is 14.7 Å². The van der Waals surface area contributed by atoms with Crippen LogP contribution in [-0.4, -0.2) is 34.1 Å². The minimum absolute atomic E-state index is 0.146. The summed E-state index contributed by atoms with van der Waals surface area (Å²) in [5.74, 6) is -0.583. The summed E-state index contributed by atoms with van der Waals surface area (Å²) < 4.78 is 17.3. The maximum absolute atomic E-state index is 14.5. The number of nitrogens with zero attached hydrogens (tertiary/aromatic N) is 2. The maximum atomic E-state index is 14.5. The quantitative estimate of drug-likeness (QED) is 0.504. The van der Waals surface area contributed by atoms with Gasteiger partial charge in [0.05, 0.1) is 28.6 Å². The van der Waals surface area contributed by atoms with Crippen molar-refractivity contribution in [3.05, 3.63) is 59.5 Å². The number of nitrogens with one attached hydrogen (secondary N) is 1. The molecule has 0 aliphatic carbocycles. The predicted molar refractivity (Wildman–Crippen MR) is 103 cm³/mol. The molecular formula is C19H17FN4O2S. The highest BCUT2D eigenvalue weighted by atomic mass is 32.1. The number of nitrogens with two attached hydrogens (primary N) is 1. The van der Waals surface area contributed by atoms with Crippen molar-refractivity contribution in [3.8, 4) is 11.3 Å². The van der Waals surface area contributed by atoms with E-state index >= 15 is 0 Å². The number of carbonyl (C=O) groups excluding carboxylic acids is 1. The Labute approximate surface area is 158 Å². The van der Waals surface area contributed by atoms with E-state index in [-0.39, 0.29) is 12.5 Å². The Morgan fingerprint density at radius 2 is 2.19 bits per heavy atom. The van der Waals surface area contributed by atoms with Crippen LogP contribution in [0.15, 0.2) is 42.6 Å². The zero-order valence-electron chi connectivity index (χ0n) is 14.4. The van der Waals surface area contributed by atoms with Crippen molar-refractivity contribution >= 4 is 32.4 Å². The molecule has 2 aromatic carbocycles. The molecule has 2 aromatic heterocycles. The molecule has 4 aromatic rings. The fraction of sp³-hybridized carbons (Fsp3) is 0.158. The molecule has 8 heteroatoms. The molecule has 138 valence electrons. The van der Waals surface area contributed by atoms with Gasteiger partial charge in [0.1, 0.15) is 5.82 Å². The van der Waals surface area contributed by atoms with Crippen LogP contribution in [-0.2, 0) is 0 Å². The van der Waals surface area contributed by atoms with Gasteiger partial charge in [0.2, 0.25) is 0 Å². The van der Waals surface area contributed by atoms with Crippen LogP contribution in [0.3, 0.4) is 0 Å². The molecule has 0 radical (unpaired) electrons. The topological polar surface area (TPSA) is 92.7 Å². The van der Waals surface area contributed by atoms with Gasteiger partial charge in [-0.3, -0.25) is 9.20 Å². The van der Waals surface area contributed by atoms with E-state index < -0.39 is 11.9 Å². The molecule has 0 aliphatic rings. The lowest BCUT2D eigenvalue weighted by molar-refractivity contribution is 0.0963. The zero-order valence-corrected chi connectivity index (χ0v) is 15.3. The first kappa shape index (κ1) is 17.6. The van der Waals surface area contributed by atoms with E-state index in [9.17, 15) is 9.18 Å². The molecule has 1 atom stereocenters. The van der Waals surface area contributed by atoms with Gasteiger partial charge in [-0.2, -0.15) is 0 Å². The number of hydrogen-bond donors (Lipinski definition) is 3. The molecule has 0 saturated carbocycles. The minimum Gasteiger partial charge on any atom is -0.394 e. The highest BCUT2D eigenvalue weighted by Gasteiger charge is 2.16. The number of aliphatic hydroxyl groups is 1. The third-order valence-corrected chi connectivity index (χ3v) is 5.49. The van der Waals surface area contributed by atoms with Crippen molar-refractivity contribution in [2.24, 2.45) is 5.73 Å². The number of aliphatic hydroxyl groups excluding tert-OH is 1. The maximum Gasteiger partial charge on any atom is 0.251 e. The molecule has 0 spiro atoms. The molecule has 0 aliphatic heterocycles. The Balaban J connectivity index is 1.77. The number of thiazole rings is 1. The van der Waals surface area contributed by atoms with E-state index in [0.29, 0.717) is 27.3 Å². The van der Waals surface area contributed by atoms with Crippen LogP contribution in [0.25, 0.3) is 26.4 Å². The first-order valence-electron chi connectivity index (χ1n) is 8.32. The van der Waals surface area contributed by atoms with Gasteiger partial charge >= 0.3 is 0 Å². The number of rotatable bonds is 4. The number of benzene rings is 2. The number of fused-ring (bicyclic) bond motifs is 3. The van der Waals surface area contributed by atoms with Crippen molar-refractivity contribution in [1.29, 1.82) is 0 Å². The highest BCUT2D eigenvalue weighted by Crippen LogP contribution is 2.31. The molecule has 0 fully saturated rings. The van der Waals surface area contributed by atoms with Crippen LogP contribution in [0.4, 0.5) is 4.39 Å². The lowest BCUT2D eigenvalue weighted by atomic mass is 10.0. The summed E-state index contributed by atoms with van der Waals surface area (Å²) in [6.07, 6.45) is 1.78. The summed E-state index contributed by atoms with van der Waals surface area (Å²) in [7, 11) is 1.59. The summed E-state index contributed by atoms with van der Waals surface area (Å²) >= 11 is 1.43. The number of aromatic nitrogens is 2. The lowest BCUT2D eigenvalue weighted by Crippen LogP contribution is -2.17. The molecule has 6 nitrogen and oxygen atoms in total. The SMILES string of the molecule is CNC(=O)c1ccc2c(c1)sc1nc(-c3ccc(C(N)CO)cc3F)cn12. The molecule has 0 bridgehead atoms. The van der Waals surface area contributed by atoms with Crippen LogP contribution < -0.4 is 11.1 Å². The van der Waals surface area contributed by atoms with Gasteiger partial charge < -0.3 is 16.2 Å². The Morgan fingerprint density at radius 1 is 1.37 bits per heavy atom. The second kappa shape index (κ2) is 6.73. The van der Waals surface area contributed by atoms with E-state index in [2.05, 4.69) is 10.3 Å². The second-order valence-electron chi connectivity index (χ2n) is 6.17. The predicted octanol–water partition coefficient (Wildman–Crippen LogP) is 2.71. The Morgan fingerprint density at radius 3 is 2.89 bits per heavy atom. The van der Waals surface area contributed by atoms with Gasteiger partial charge in [-0.25, -0.2) is 9.37 Å². The molecule has 4 rings (SSSR count). The van der Waals surface area contributed by atoms with Gasteiger partial charge in [0.15, 0.2) is 4.96 Å². The van der Waals surface area contributed by atoms with Gasteiger partial charge in [-0.15, -0.1) is 0 Å². The van der Waals surface area contributed by atoms with E-state index in [1.165, 1.54) is 17.4 Å². The first-order valence-corrected chi connectivity index (χ1v) is 9.13. The second-order valence-corrected chi connectivity index (χ2v) is 7.18. The molecule has 0 saturated heterocycles. The average Bonchev–Trinajstić information content (AvgIpc) is 3.23. The first-order chi connectivity index (χ1) is 13.0. The van der Waals surface area contributed by atoms with E-state index in [4.69, 9.17) is 10.8 Å². The number of hydrogen-bond acceptors (Lipinski definition) is 5. The summed E-state index contributed by atoms with van der Waals surface area (Å²) in [4.78, 5) is 17.0. The number of imidazole rings is 1. The van der Waals surface area contributed by atoms with Crippen molar-refractivity contribution in [2.45, 2.75) is 6.04 Å². The summed E-state index contributed by atoms with van der Waals surface area (Å²) in [6, 6.07) is 9.46. The third-order valence-electron chi connectivity index (χ3n) is 4.48. The standard InChI is InChI=1S/C19H17FN4O2S/c1-22-18(26)11-3-5-16-17(7-11)27-19-23-15(8-24(16)19)12-4-2-10(6-13(12)20)14(21)9-25/h2-8,14,25H,9,21H2,1H3,(H,22,26). The van der Waals surface area contributed by atoms with Crippen LogP contribution in [0, 0.1) is 5.82 Å². The largest absolute Gasteiger partial charge is 0.394 e. The van der Waals surface area contributed by atoms with Crippen molar-refractivity contribution < 1.29 is 14.3 Å². The van der Waals surface area contributed by atoms with E-state index in [1.54, 1.807) is 31.4 Å². The third kappa shape index (κ3) is 2.97. The number of halogens is 1. The summed E-state index contributed by atoms with van der Waals surface area (Å²) in [6.45, 7) is -0.247. The van der Waals surface area contributed by atoms with Crippen molar-refractivity contribution in [2.75, 3.05) is 13.7 Å². The molecule has 27 heavy (non-hydrogen) atoms. The Kier molecular flexibility index (Phi) is 4.39. The van der Waals surface area contributed by atoms with E-state index in [0.717, 1.165) is 10.2 Å². The van der Waals surface area contributed by atoms with Gasteiger partial charge in [0.25, 0.3) is 5.91 Å². The van der Waals surface area contributed by atoms with Crippen molar-refractivity contribution in [3.63, 3.8) is 0 Å². The minimum atomic E-state index is -0.613.